The molecule has 0 aromatic heterocycles. The lowest BCUT2D eigenvalue weighted by Gasteiger charge is -2.13. The van der Waals surface area contributed by atoms with Crippen LogP contribution in [0, 0.1) is 5.82 Å². The highest BCUT2D eigenvalue weighted by atomic mass is 19.1. The highest BCUT2D eigenvalue weighted by molar-refractivity contribution is 5.79. The summed E-state index contributed by atoms with van der Waals surface area (Å²) in [7, 11) is 1.69. The average molecular weight is 372 g/mol. The molecule has 0 radical (unpaired) electrons. The van der Waals surface area contributed by atoms with Gasteiger partial charge in [0, 0.05) is 26.7 Å². The Hall–Kier alpha value is -3.09. The van der Waals surface area contributed by atoms with Crippen LogP contribution in [0.3, 0.4) is 0 Å². The largest absolute Gasteiger partial charge is 0.484 e. The molecule has 0 unspecified atom stereocenters. The third kappa shape index (κ3) is 7.35. The van der Waals surface area contributed by atoms with Gasteiger partial charge in [-0.1, -0.05) is 24.3 Å². The number of likely N-dealkylation sites (N-methyl/N-ethyl adjacent to an activating group) is 1. The van der Waals surface area contributed by atoms with Crippen molar-refractivity contribution in [2.24, 2.45) is 4.99 Å². The van der Waals surface area contributed by atoms with Crippen LogP contribution < -0.4 is 20.7 Å². The number of benzene rings is 2. The van der Waals surface area contributed by atoms with Crippen LogP contribution in [-0.2, 0) is 17.9 Å². The number of hydrogen-bond acceptors (Lipinski definition) is 3. The summed E-state index contributed by atoms with van der Waals surface area (Å²) in [6.07, 6.45) is 0. The molecule has 0 bridgehead atoms. The molecule has 0 saturated carbocycles. The van der Waals surface area contributed by atoms with Crippen molar-refractivity contribution < 1.29 is 13.9 Å². The molecule has 0 fully saturated rings. The molecule has 0 aliphatic heterocycles. The van der Waals surface area contributed by atoms with Gasteiger partial charge in [-0.3, -0.25) is 9.79 Å². The summed E-state index contributed by atoms with van der Waals surface area (Å²) < 4.78 is 18.4. The van der Waals surface area contributed by atoms with E-state index in [1.807, 2.05) is 31.2 Å². The molecule has 2 aromatic rings. The van der Waals surface area contributed by atoms with Gasteiger partial charge in [-0.25, -0.2) is 4.39 Å². The van der Waals surface area contributed by atoms with Gasteiger partial charge in [0.05, 0.1) is 0 Å². The van der Waals surface area contributed by atoms with Crippen LogP contribution in [0.4, 0.5) is 4.39 Å². The van der Waals surface area contributed by atoms with Crippen molar-refractivity contribution in [2.45, 2.75) is 20.0 Å². The second kappa shape index (κ2) is 10.8. The van der Waals surface area contributed by atoms with Crippen LogP contribution in [0.25, 0.3) is 0 Å². The number of nitrogens with one attached hydrogen (secondary N) is 3. The van der Waals surface area contributed by atoms with Crippen LogP contribution in [-0.4, -0.2) is 32.1 Å². The number of rotatable bonds is 8. The summed E-state index contributed by atoms with van der Waals surface area (Å²) in [5.41, 5.74) is 1.95. The molecule has 0 saturated heterocycles. The van der Waals surface area contributed by atoms with Crippen molar-refractivity contribution in [3.05, 3.63) is 65.5 Å². The average Bonchev–Trinajstić information content (AvgIpc) is 2.68. The van der Waals surface area contributed by atoms with Gasteiger partial charge < -0.3 is 20.7 Å². The van der Waals surface area contributed by atoms with Gasteiger partial charge in [0.1, 0.15) is 11.6 Å². The zero-order chi connectivity index (χ0) is 19.5. The summed E-state index contributed by atoms with van der Waals surface area (Å²) in [6.45, 7) is 3.51. The SMILES string of the molecule is CCNC(=O)COc1cccc(CNC(=NC)NCc2ccc(F)cc2)c1. The number of hydrogen-bond donors (Lipinski definition) is 3. The smallest absolute Gasteiger partial charge is 0.257 e. The van der Waals surface area contributed by atoms with E-state index in [4.69, 9.17) is 4.74 Å². The molecule has 144 valence electrons. The van der Waals surface area contributed by atoms with Gasteiger partial charge in [-0.15, -0.1) is 0 Å². The van der Waals surface area contributed by atoms with Crippen LogP contribution in [0.1, 0.15) is 18.1 Å². The number of carbonyl (C=O) groups is 1. The molecule has 2 aromatic carbocycles. The zero-order valence-electron chi connectivity index (χ0n) is 15.6. The fraction of sp³-hybridized carbons (Fsp3) is 0.300. The third-order valence-corrected chi connectivity index (χ3v) is 3.70. The molecule has 0 aliphatic carbocycles. The minimum absolute atomic E-state index is 0.00832. The van der Waals surface area contributed by atoms with Crippen molar-refractivity contribution in [3.63, 3.8) is 0 Å². The Morgan fingerprint density at radius 1 is 1.04 bits per heavy atom. The lowest BCUT2D eigenvalue weighted by Crippen LogP contribution is -2.36. The first-order chi connectivity index (χ1) is 13.1. The number of carbonyl (C=O) groups excluding carboxylic acids is 1. The Morgan fingerprint density at radius 3 is 2.41 bits per heavy atom. The minimum atomic E-state index is -0.254. The molecule has 0 heterocycles. The summed E-state index contributed by atoms with van der Waals surface area (Å²) >= 11 is 0. The molecular weight excluding hydrogens is 347 g/mol. The van der Waals surface area contributed by atoms with Gasteiger partial charge in [-0.05, 0) is 42.3 Å². The summed E-state index contributed by atoms with van der Waals surface area (Å²) in [5, 5.41) is 9.07. The van der Waals surface area contributed by atoms with E-state index in [1.54, 1.807) is 19.2 Å². The normalized spacial score (nSPS) is 11.0. The van der Waals surface area contributed by atoms with E-state index in [1.165, 1.54) is 12.1 Å². The van der Waals surface area contributed by atoms with E-state index in [-0.39, 0.29) is 18.3 Å². The van der Waals surface area contributed by atoms with Crippen molar-refractivity contribution in [3.8, 4) is 5.75 Å². The second-order valence-corrected chi connectivity index (χ2v) is 5.80. The topological polar surface area (TPSA) is 74.8 Å². The second-order valence-electron chi connectivity index (χ2n) is 5.80. The molecule has 6 nitrogen and oxygen atoms in total. The van der Waals surface area contributed by atoms with E-state index in [9.17, 15) is 9.18 Å². The predicted molar refractivity (Wildman–Crippen MR) is 104 cm³/mol. The van der Waals surface area contributed by atoms with Crippen molar-refractivity contribution in [2.75, 3.05) is 20.2 Å². The Labute approximate surface area is 158 Å². The number of halogens is 1. The molecule has 3 N–H and O–H groups in total. The summed E-state index contributed by atoms with van der Waals surface area (Å²) in [5.74, 6) is 0.865. The fourth-order valence-corrected chi connectivity index (χ4v) is 2.34. The third-order valence-electron chi connectivity index (χ3n) is 3.70. The van der Waals surface area contributed by atoms with Crippen molar-refractivity contribution in [1.82, 2.24) is 16.0 Å². The van der Waals surface area contributed by atoms with Crippen LogP contribution in [0.2, 0.25) is 0 Å². The maximum absolute atomic E-state index is 12.9. The quantitative estimate of drug-likeness (QED) is 0.491. The van der Waals surface area contributed by atoms with Crippen molar-refractivity contribution >= 4 is 11.9 Å². The number of ether oxygens (including phenoxy) is 1. The molecule has 1 amide bonds. The van der Waals surface area contributed by atoms with Crippen LogP contribution in [0.5, 0.6) is 5.75 Å². The van der Waals surface area contributed by atoms with E-state index in [2.05, 4.69) is 20.9 Å². The van der Waals surface area contributed by atoms with Gasteiger partial charge in [-0.2, -0.15) is 0 Å². The number of nitrogens with zero attached hydrogens (tertiary/aromatic N) is 1. The Balaban J connectivity index is 1.82. The first kappa shape index (κ1) is 20.2. The van der Waals surface area contributed by atoms with E-state index in [0.29, 0.717) is 31.3 Å². The Kier molecular flexibility index (Phi) is 8.09. The standard InChI is InChI=1S/C20H25FN4O2/c1-3-23-19(26)14-27-18-6-4-5-16(11-18)13-25-20(22-2)24-12-15-7-9-17(21)10-8-15/h4-11H,3,12-14H2,1-2H3,(H,23,26)(H2,22,24,25). The van der Waals surface area contributed by atoms with E-state index >= 15 is 0 Å². The monoisotopic (exact) mass is 372 g/mol. The van der Waals surface area contributed by atoms with Gasteiger partial charge in [0.25, 0.3) is 5.91 Å². The van der Waals surface area contributed by atoms with Crippen LogP contribution in [0.15, 0.2) is 53.5 Å². The molecule has 0 atom stereocenters. The molecular formula is C20H25FN4O2. The highest BCUT2D eigenvalue weighted by Gasteiger charge is 2.03. The zero-order valence-corrected chi connectivity index (χ0v) is 15.6. The lowest BCUT2D eigenvalue weighted by atomic mass is 10.2. The van der Waals surface area contributed by atoms with Crippen molar-refractivity contribution in [1.29, 1.82) is 0 Å². The minimum Gasteiger partial charge on any atom is -0.484 e. The predicted octanol–water partition coefficient (Wildman–Crippen LogP) is 2.21. The summed E-state index contributed by atoms with van der Waals surface area (Å²) in [6, 6.07) is 13.8. The first-order valence-corrected chi connectivity index (χ1v) is 8.78. The fourth-order valence-electron chi connectivity index (χ4n) is 2.34. The van der Waals surface area contributed by atoms with E-state index < -0.39 is 0 Å². The summed E-state index contributed by atoms with van der Waals surface area (Å²) in [4.78, 5) is 15.6. The van der Waals surface area contributed by atoms with Gasteiger partial charge in [0.2, 0.25) is 0 Å². The number of guanidine groups is 1. The number of aliphatic imine (C=N–C) groups is 1. The van der Waals surface area contributed by atoms with Gasteiger partial charge in [0.15, 0.2) is 12.6 Å². The molecule has 0 spiro atoms. The maximum Gasteiger partial charge on any atom is 0.257 e. The molecule has 2 rings (SSSR count). The lowest BCUT2D eigenvalue weighted by molar-refractivity contribution is -0.122. The Bertz CT molecular complexity index is 763. The van der Waals surface area contributed by atoms with E-state index in [0.717, 1.165) is 11.1 Å². The maximum atomic E-state index is 12.9. The van der Waals surface area contributed by atoms with Crippen LogP contribution >= 0.6 is 0 Å². The van der Waals surface area contributed by atoms with Gasteiger partial charge >= 0.3 is 0 Å². The molecule has 27 heavy (non-hydrogen) atoms. The Morgan fingerprint density at radius 2 is 1.74 bits per heavy atom. The molecule has 7 heteroatoms. The number of amides is 1. The first-order valence-electron chi connectivity index (χ1n) is 8.78. The molecule has 0 aliphatic rings. The highest BCUT2D eigenvalue weighted by Crippen LogP contribution is 2.13.